The van der Waals surface area contributed by atoms with E-state index in [0.717, 1.165) is 51.4 Å². The van der Waals surface area contributed by atoms with Gasteiger partial charge in [-0.15, -0.1) is 0 Å². The number of carbonyl (C=O) groups excluding carboxylic acids is 1. The van der Waals surface area contributed by atoms with E-state index in [0.29, 0.717) is 17.4 Å². The van der Waals surface area contributed by atoms with E-state index in [1.165, 1.54) is 161 Å². The highest BCUT2D eigenvalue weighted by atomic mass is 31.2. The zero-order chi connectivity index (χ0) is 44.3. The van der Waals surface area contributed by atoms with Crippen LogP contribution in [0.5, 0.6) is 0 Å². The molecule has 0 rings (SSSR count). The molecule has 0 spiro atoms. The molecule has 1 amide bonds. The van der Waals surface area contributed by atoms with Crippen molar-refractivity contribution in [2.45, 2.75) is 244 Å². The number of allylic oxidation sites excluding steroid dienone is 5. The van der Waals surface area contributed by atoms with Crippen molar-refractivity contribution >= 4 is 13.7 Å². The average molecular weight is 868 g/mol. The Morgan fingerprint density at radius 2 is 0.917 bits per heavy atom. The number of carbonyl (C=O) groups is 1. The molecule has 0 aliphatic carbocycles. The maximum absolute atomic E-state index is 12.9. The van der Waals surface area contributed by atoms with E-state index < -0.39 is 20.0 Å². The van der Waals surface area contributed by atoms with Crippen molar-refractivity contribution in [2.24, 2.45) is 0 Å². The molecule has 0 radical (unpaired) electrons. The van der Waals surface area contributed by atoms with Gasteiger partial charge in [0.2, 0.25) is 5.91 Å². The van der Waals surface area contributed by atoms with Crippen LogP contribution in [-0.2, 0) is 18.4 Å². The van der Waals surface area contributed by atoms with Crippen molar-refractivity contribution in [3.05, 3.63) is 36.5 Å². The molecule has 3 atom stereocenters. The van der Waals surface area contributed by atoms with E-state index in [4.69, 9.17) is 9.05 Å². The second-order valence-electron chi connectivity index (χ2n) is 18.5. The van der Waals surface area contributed by atoms with Crippen LogP contribution in [0, 0.1) is 0 Å². The Kier molecular flexibility index (Phi) is 42.1. The lowest BCUT2D eigenvalue weighted by Crippen LogP contribution is -2.45. The number of nitrogens with zero attached hydrogens (tertiary/aromatic N) is 1. The van der Waals surface area contributed by atoms with Crippen LogP contribution in [-0.4, -0.2) is 73.4 Å². The van der Waals surface area contributed by atoms with Gasteiger partial charge in [-0.25, -0.2) is 4.57 Å². The summed E-state index contributed by atoms with van der Waals surface area (Å²) in [5, 5.41) is 13.8. The number of likely N-dealkylation sites (N-methyl/N-ethyl adjacent to an activating group) is 1. The molecule has 0 saturated heterocycles. The smallest absolute Gasteiger partial charge is 0.387 e. The van der Waals surface area contributed by atoms with Crippen molar-refractivity contribution in [2.75, 3.05) is 40.9 Å². The maximum atomic E-state index is 12.9. The Hall–Kier alpha value is -1.28. The van der Waals surface area contributed by atoms with Crippen LogP contribution in [0.4, 0.5) is 0 Å². The van der Waals surface area contributed by atoms with Crippen LogP contribution < -0.4 is 5.32 Å². The lowest BCUT2D eigenvalue weighted by Gasteiger charge is -2.25. The summed E-state index contributed by atoms with van der Waals surface area (Å²) >= 11 is 0. The molecular formula is C51H100N2O6P+. The average Bonchev–Trinajstić information content (AvgIpc) is 3.20. The Morgan fingerprint density at radius 1 is 0.550 bits per heavy atom. The number of quaternary nitrogens is 1. The summed E-state index contributed by atoms with van der Waals surface area (Å²) in [5.41, 5.74) is 0. The lowest BCUT2D eigenvalue weighted by molar-refractivity contribution is -0.870. The highest BCUT2D eigenvalue weighted by molar-refractivity contribution is 7.47. The Morgan fingerprint density at radius 3 is 1.33 bits per heavy atom. The predicted octanol–water partition coefficient (Wildman–Crippen LogP) is 14.6. The molecule has 354 valence electrons. The van der Waals surface area contributed by atoms with Crippen LogP contribution >= 0.6 is 7.82 Å². The SMILES string of the molecule is CCCCCCC/C=C\CCCCCCCC(=O)NC(COP(=O)(O)OCC[N+](C)(C)C)C(O)/C=C/CC/C=C/CCCCCCCCCCCCCCCCCCCC. The highest BCUT2D eigenvalue weighted by Gasteiger charge is 2.27. The fraction of sp³-hybridized carbons (Fsp3) is 0.863. The summed E-state index contributed by atoms with van der Waals surface area (Å²) in [6.07, 6.45) is 53.8. The number of nitrogens with one attached hydrogen (secondary N) is 1. The first-order chi connectivity index (χ1) is 29.0. The summed E-state index contributed by atoms with van der Waals surface area (Å²) < 4.78 is 23.6. The molecule has 0 aromatic heterocycles. The highest BCUT2D eigenvalue weighted by Crippen LogP contribution is 2.43. The topological polar surface area (TPSA) is 105 Å². The number of phosphoric acid groups is 1. The third-order valence-electron chi connectivity index (χ3n) is 11.3. The molecule has 0 aliphatic heterocycles. The van der Waals surface area contributed by atoms with Crippen molar-refractivity contribution < 1.29 is 32.9 Å². The number of amides is 1. The molecule has 3 N–H and O–H groups in total. The number of phosphoric ester groups is 1. The third-order valence-corrected chi connectivity index (χ3v) is 12.3. The molecule has 60 heavy (non-hydrogen) atoms. The van der Waals surface area contributed by atoms with E-state index >= 15 is 0 Å². The van der Waals surface area contributed by atoms with E-state index in [-0.39, 0.29) is 19.1 Å². The van der Waals surface area contributed by atoms with Crippen LogP contribution in [0.3, 0.4) is 0 Å². The molecule has 0 aromatic rings. The Balaban J connectivity index is 4.32. The van der Waals surface area contributed by atoms with Gasteiger partial charge in [0, 0.05) is 6.42 Å². The number of aliphatic hydroxyl groups is 1. The summed E-state index contributed by atoms with van der Waals surface area (Å²) in [4.78, 5) is 23.2. The number of hydrogen-bond acceptors (Lipinski definition) is 5. The van der Waals surface area contributed by atoms with Crippen LogP contribution in [0.15, 0.2) is 36.5 Å². The minimum atomic E-state index is -4.35. The summed E-state index contributed by atoms with van der Waals surface area (Å²) in [6, 6.07) is -0.866. The van der Waals surface area contributed by atoms with Crippen LogP contribution in [0.1, 0.15) is 232 Å². The van der Waals surface area contributed by atoms with Gasteiger partial charge in [0.1, 0.15) is 13.2 Å². The summed E-state index contributed by atoms with van der Waals surface area (Å²) in [5.74, 6) is -0.195. The van der Waals surface area contributed by atoms with E-state index in [1.807, 2.05) is 27.2 Å². The van der Waals surface area contributed by atoms with Crippen molar-refractivity contribution in [1.29, 1.82) is 0 Å². The zero-order valence-corrected chi connectivity index (χ0v) is 41.1. The quantitative estimate of drug-likeness (QED) is 0.0244. The largest absolute Gasteiger partial charge is 0.472 e. The van der Waals surface area contributed by atoms with Crippen LogP contribution in [0.2, 0.25) is 0 Å². The number of rotatable bonds is 46. The molecule has 0 aliphatic rings. The van der Waals surface area contributed by atoms with Gasteiger partial charge in [-0.2, -0.15) is 0 Å². The molecule has 9 heteroatoms. The van der Waals surface area contributed by atoms with Gasteiger partial charge in [0.05, 0.1) is 39.9 Å². The summed E-state index contributed by atoms with van der Waals surface area (Å²) in [6.45, 7) is 4.79. The second-order valence-corrected chi connectivity index (χ2v) is 20.0. The fourth-order valence-electron chi connectivity index (χ4n) is 7.29. The van der Waals surface area contributed by atoms with Crippen LogP contribution in [0.25, 0.3) is 0 Å². The molecule has 0 saturated carbocycles. The van der Waals surface area contributed by atoms with Gasteiger partial charge in [0.25, 0.3) is 0 Å². The zero-order valence-electron chi connectivity index (χ0n) is 40.2. The van der Waals surface area contributed by atoms with Gasteiger partial charge in [-0.05, 0) is 57.8 Å². The minimum Gasteiger partial charge on any atom is -0.387 e. The van der Waals surface area contributed by atoms with E-state index in [2.05, 4.69) is 43.5 Å². The molecule has 0 aromatic carbocycles. The van der Waals surface area contributed by atoms with Gasteiger partial charge < -0.3 is 19.8 Å². The second kappa shape index (κ2) is 43.0. The standard InChI is InChI=1S/C51H99N2O6P/c1-6-8-10-12-14-16-18-20-22-23-24-25-26-27-28-29-30-31-32-34-36-38-40-42-44-50(54)49(48-59-60(56,57)58-47-46-53(3,4)5)52-51(55)45-43-41-39-37-35-33-21-19-17-15-13-11-9-7-2/h19,21,34,36,42,44,49-50,54H,6-18,20,22-33,35,37-41,43,45-48H2,1-5H3,(H-,52,55,56,57)/p+1/b21-19-,36-34+,44-42+. The first-order valence-corrected chi connectivity index (χ1v) is 26.9. The van der Waals surface area contributed by atoms with Gasteiger partial charge in [-0.1, -0.05) is 204 Å². The first-order valence-electron chi connectivity index (χ1n) is 25.4. The van der Waals surface area contributed by atoms with Gasteiger partial charge >= 0.3 is 7.82 Å². The van der Waals surface area contributed by atoms with Gasteiger partial charge in [0.15, 0.2) is 0 Å². The third kappa shape index (κ3) is 44.8. The molecule has 3 unspecified atom stereocenters. The molecule has 0 heterocycles. The van der Waals surface area contributed by atoms with E-state index in [9.17, 15) is 19.4 Å². The fourth-order valence-corrected chi connectivity index (χ4v) is 8.02. The Bertz CT molecular complexity index is 1070. The molecule has 8 nitrogen and oxygen atoms in total. The maximum Gasteiger partial charge on any atom is 0.472 e. The predicted molar refractivity (Wildman–Crippen MR) is 258 cm³/mol. The van der Waals surface area contributed by atoms with Crippen molar-refractivity contribution in [3.63, 3.8) is 0 Å². The molecular weight excluding hydrogens is 768 g/mol. The Labute approximate surface area is 372 Å². The first kappa shape index (κ1) is 58.7. The van der Waals surface area contributed by atoms with E-state index in [1.54, 1.807) is 6.08 Å². The monoisotopic (exact) mass is 868 g/mol. The summed E-state index contributed by atoms with van der Waals surface area (Å²) in [7, 11) is 1.55. The normalized spacial score (nSPS) is 14.4. The number of unbranched alkanes of at least 4 members (excludes halogenated alkanes) is 29. The number of aliphatic hydroxyl groups excluding tert-OH is 1. The molecule has 0 fully saturated rings. The minimum absolute atomic E-state index is 0.0548. The molecule has 0 bridgehead atoms. The lowest BCUT2D eigenvalue weighted by atomic mass is 10.0. The number of hydrogen-bond donors (Lipinski definition) is 3. The van der Waals surface area contributed by atoms with Crippen molar-refractivity contribution in [3.8, 4) is 0 Å². The van der Waals surface area contributed by atoms with Crippen molar-refractivity contribution in [1.82, 2.24) is 5.32 Å². The van der Waals surface area contributed by atoms with Gasteiger partial charge in [-0.3, -0.25) is 13.8 Å².